The number of halogens is 1. The monoisotopic (exact) mass is 421 g/mol. The Hall–Kier alpha value is -2.02. The largest absolute Gasteiger partial charge is 0.444 e. The molecule has 0 bridgehead atoms. The third kappa shape index (κ3) is 4.03. The first-order valence-corrected chi connectivity index (χ1v) is 9.50. The van der Waals surface area contributed by atoms with Crippen molar-refractivity contribution in [3.8, 4) is 0 Å². The molecule has 7 heteroatoms. The predicted molar refractivity (Wildman–Crippen MR) is 104 cm³/mol. The number of aromatic amines is 1. The lowest BCUT2D eigenvalue weighted by atomic mass is 10.1. The topological polar surface area (TPSA) is 65.6 Å². The number of amides is 2. The summed E-state index contributed by atoms with van der Waals surface area (Å²) in [6.45, 7) is 8.93. The second-order valence-corrected chi connectivity index (χ2v) is 8.60. The van der Waals surface area contributed by atoms with Gasteiger partial charge in [0.2, 0.25) is 0 Å². The van der Waals surface area contributed by atoms with Crippen LogP contribution in [0.1, 0.15) is 38.2 Å². The van der Waals surface area contributed by atoms with Gasteiger partial charge in [0.15, 0.2) is 0 Å². The summed E-state index contributed by atoms with van der Waals surface area (Å²) in [5.74, 6) is -0.0481. The first kappa shape index (κ1) is 18.8. The van der Waals surface area contributed by atoms with Gasteiger partial charge in [-0.05, 0) is 52.0 Å². The van der Waals surface area contributed by atoms with Crippen LogP contribution in [0.2, 0.25) is 0 Å². The molecule has 1 saturated heterocycles. The number of rotatable bonds is 1. The Bertz CT molecular complexity index is 840. The zero-order valence-electron chi connectivity index (χ0n) is 15.5. The van der Waals surface area contributed by atoms with E-state index in [1.54, 1.807) is 9.80 Å². The van der Waals surface area contributed by atoms with E-state index in [4.69, 9.17) is 4.74 Å². The predicted octanol–water partition coefficient (Wildman–Crippen LogP) is 4.01. The van der Waals surface area contributed by atoms with Crippen molar-refractivity contribution in [2.24, 2.45) is 0 Å². The molecule has 0 aliphatic carbocycles. The fourth-order valence-electron chi connectivity index (χ4n) is 3.12. The van der Waals surface area contributed by atoms with Gasteiger partial charge < -0.3 is 19.5 Å². The molecule has 1 N–H and O–H groups in total. The van der Waals surface area contributed by atoms with Crippen LogP contribution in [-0.4, -0.2) is 58.1 Å². The minimum absolute atomic E-state index is 0.0481. The van der Waals surface area contributed by atoms with Gasteiger partial charge in [0, 0.05) is 41.1 Å². The molecule has 3 rings (SSSR count). The Morgan fingerprint density at radius 1 is 1.23 bits per heavy atom. The van der Waals surface area contributed by atoms with E-state index in [9.17, 15) is 9.59 Å². The zero-order chi connectivity index (χ0) is 19.1. The molecule has 6 nitrogen and oxygen atoms in total. The SMILES string of the molecule is CC1CN(C(=O)c2cc3cc(Br)ccc3[nH]2)CCN1C(=O)OC(C)(C)C. The van der Waals surface area contributed by atoms with Gasteiger partial charge in [-0.15, -0.1) is 0 Å². The van der Waals surface area contributed by atoms with Gasteiger partial charge in [-0.1, -0.05) is 15.9 Å². The number of piperazine rings is 1. The normalized spacial score (nSPS) is 18.3. The first-order chi connectivity index (χ1) is 12.1. The van der Waals surface area contributed by atoms with Gasteiger partial charge in [0.1, 0.15) is 11.3 Å². The average Bonchev–Trinajstić information content (AvgIpc) is 2.95. The number of carbonyl (C=O) groups is 2. The van der Waals surface area contributed by atoms with E-state index in [1.165, 1.54) is 0 Å². The molecule has 2 heterocycles. The van der Waals surface area contributed by atoms with E-state index in [2.05, 4.69) is 20.9 Å². The third-order valence-corrected chi connectivity index (χ3v) is 4.85. The minimum atomic E-state index is -0.525. The van der Waals surface area contributed by atoms with Gasteiger partial charge in [-0.3, -0.25) is 4.79 Å². The molecule has 2 amide bonds. The number of hydrogen-bond donors (Lipinski definition) is 1. The van der Waals surface area contributed by atoms with Crippen molar-refractivity contribution < 1.29 is 14.3 Å². The van der Waals surface area contributed by atoms with Gasteiger partial charge >= 0.3 is 6.09 Å². The van der Waals surface area contributed by atoms with Crippen LogP contribution in [0.15, 0.2) is 28.7 Å². The molecule has 2 aromatic rings. The first-order valence-electron chi connectivity index (χ1n) is 8.71. The third-order valence-electron chi connectivity index (χ3n) is 4.36. The molecular formula is C19H24BrN3O3. The van der Waals surface area contributed by atoms with Crippen molar-refractivity contribution in [2.75, 3.05) is 19.6 Å². The second kappa shape index (κ2) is 6.95. The molecule has 140 valence electrons. The molecule has 1 unspecified atom stereocenters. The number of hydrogen-bond acceptors (Lipinski definition) is 3. The summed E-state index contributed by atoms with van der Waals surface area (Å²) in [6, 6.07) is 7.63. The quantitative estimate of drug-likeness (QED) is 0.755. The van der Waals surface area contributed by atoms with E-state index < -0.39 is 5.60 Å². The molecule has 26 heavy (non-hydrogen) atoms. The van der Waals surface area contributed by atoms with Crippen LogP contribution < -0.4 is 0 Å². The maximum absolute atomic E-state index is 12.9. The molecule has 1 aromatic carbocycles. The number of nitrogens with one attached hydrogen (secondary N) is 1. The molecule has 0 radical (unpaired) electrons. The van der Waals surface area contributed by atoms with Gasteiger partial charge in [-0.2, -0.15) is 0 Å². The highest BCUT2D eigenvalue weighted by Crippen LogP contribution is 2.22. The van der Waals surface area contributed by atoms with Crippen molar-refractivity contribution in [1.82, 2.24) is 14.8 Å². The molecule has 1 fully saturated rings. The van der Waals surface area contributed by atoms with Crippen molar-refractivity contribution in [2.45, 2.75) is 39.3 Å². The number of H-pyrrole nitrogens is 1. The number of aromatic nitrogens is 1. The Balaban J connectivity index is 1.69. The van der Waals surface area contributed by atoms with E-state index >= 15 is 0 Å². The van der Waals surface area contributed by atoms with Crippen LogP contribution in [0, 0.1) is 0 Å². The lowest BCUT2D eigenvalue weighted by Crippen LogP contribution is -2.56. The Labute approximate surface area is 161 Å². The number of nitrogens with zero attached hydrogens (tertiary/aromatic N) is 2. The molecule has 1 atom stereocenters. The highest BCUT2D eigenvalue weighted by molar-refractivity contribution is 9.10. The number of carbonyl (C=O) groups excluding carboxylic acids is 2. The Morgan fingerprint density at radius 2 is 1.96 bits per heavy atom. The van der Waals surface area contributed by atoms with Crippen molar-refractivity contribution in [3.63, 3.8) is 0 Å². The molecule has 1 aliphatic heterocycles. The van der Waals surface area contributed by atoms with Crippen molar-refractivity contribution >= 4 is 38.8 Å². The van der Waals surface area contributed by atoms with Crippen LogP contribution in [-0.2, 0) is 4.74 Å². The van der Waals surface area contributed by atoms with Crippen LogP contribution in [0.25, 0.3) is 10.9 Å². The summed E-state index contributed by atoms with van der Waals surface area (Å²) in [6.07, 6.45) is -0.326. The highest BCUT2D eigenvalue weighted by atomic mass is 79.9. The van der Waals surface area contributed by atoms with Crippen molar-refractivity contribution in [1.29, 1.82) is 0 Å². The Kier molecular flexibility index (Phi) is 5.01. The molecule has 0 saturated carbocycles. The lowest BCUT2D eigenvalue weighted by molar-refractivity contribution is 0.00192. The minimum Gasteiger partial charge on any atom is -0.444 e. The smallest absolute Gasteiger partial charge is 0.410 e. The number of ether oxygens (including phenoxy) is 1. The van der Waals surface area contributed by atoms with Crippen molar-refractivity contribution in [3.05, 3.63) is 34.4 Å². The molecule has 1 aromatic heterocycles. The molecule has 0 spiro atoms. The van der Waals surface area contributed by atoms with Crippen LogP contribution >= 0.6 is 15.9 Å². The summed E-state index contributed by atoms with van der Waals surface area (Å²) < 4.78 is 6.43. The zero-order valence-corrected chi connectivity index (χ0v) is 17.1. The fourth-order valence-corrected chi connectivity index (χ4v) is 3.50. The summed E-state index contributed by atoms with van der Waals surface area (Å²) in [4.78, 5) is 31.8. The highest BCUT2D eigenvalue weighted by Gasteiger charge is 2.33. The van der Waals surface area contributed by atoms with Gasteiger partial charge in [0.05, 0.1) is 0 Å². The Morgan fingerprint density at radius 3 is 2.62 bits per heavy atom. The van der Waals surface area contributed by atoms with Gasteiger partial charge in [-0.25, -0.2) is 4.79 Å². The summed E-state index contributed by atoms with van der Waals surface area (Å²) in [5.41, 5.74) is 0.968. The standard InChI is InChI=1S/C19H24BrN3O3/c1-12-11-22(7-8-23(12)18(25)26-19(2,3)4)17(24)16-10-13-9-14(20)5-6-15(13)21-16/h5-6,9-10,12,21H,7-8,11H2,1-4H3. The fraction of sp³-hybridized carbons (Fsp3) is 0.474. The summed E-state index contributed by atoms with van der Waals surface area (Å²) in [5, 5.41) is 0.989. The van der Waals surface area contributed by atoms with E-state index in [0.29, 0.717) is 25.3 Å². The number of benzene rings is 1. The summed E-state index contributed by atoms with van der Waals surface area (Å²) in [7, 11) is 0. The maximum Gasteiger partial charge on any atom is 0.410 e. The van der Waals surface area contributed by atoms with E-state index in [0.717, 1.165) is 15.4 Å². The van der Waals surface area contributed by atoms with E-state index in [1.807, 2.05) is 52.0 Å². The van der Waals surface area contributed by atoms with Crippen LogP contribution in [0.4, 0.5) is 4.79 Å². The lowest BCUT2D eigenvalue weighted by Gasteiger charge is -2.40. The maximum atomic E-state index is 12.9. The van der Waals surface area contributed by atoms with E-state index in [-0.39, 0.29) is 18.0 Å². The average molecular weight is 422 g/mol. The van der Waals surface area contributed by atoms with Gasteiger partial charge in [0.25, 0.3) is 5.91 Å². The molecule has 1 aliphatic rings. The second-order valence-electron chi connectivity index (χ2n) is 7.69. The van der Waals surface area contributed by atoms with Crippen LogP contribution in [0.5, 0.6) is 0 Å². The summed E-state index contributed by atoms with van der Waals surface area (Å²) >= 11 is 3.45. The van der Waals surface area contributed by atoms with Crippen LogP contribution in [0.3, 0.4) is 0 Å². The molecular weight excluding hydrogens is 398 g/mol. The number of fused-ring (bicyclic) bond motifs is 1.